The Balaban J connectivity index is 2.07. The van der Waals surface area contributed by atoms with Gasteiger partial charge in [-0.05, 0) is 30.3 Å². The van der Waals surface area contributed by atoms with E-state index in [9.17, 15) is 13.2 Å². The summed E-state index contributed by atoms with van der Waals surface area (Å²) >= 11 is 9.17. The molecule has 1 N–H and O–H groups in total. The molecule has 0 unspecified atom stereocenters. The van der Waals surface area contributed by atoms with Crippen LogP contribution in [0.1, 0.15) is 5.56 Å². The third kappa shape index (κ3) is 5.84. The number of halogens is 2. The summed E-state index contributed by atoms with van der Waals surface area (Å²) in [5, 5.41) is 4.32. The standard InChI is InChI=1S/C16H15BrClN3O3S/c1-25(23,24)21(14-8-6-13(18)7-9-14)11-16(22)20-19-10-12-4-2-3-5-15(12)17/h2-10H,11H2,1H3,(H,20,22)/b19-10-. The number of anilines is 1. The molecule has 0 bridgehead atoms. The monoisotopic (exact) mass is 443 g/mol. The lowest BCUT2D eigenvalue weighted by atomic mass is 10.2. The summed E-state index contributed by atoms with van der Waals surface area (Å²) in [4.78, 5) is 12.0. The number of nitrogens with zero attached hydrogens (tertiary/aromatic N) is 2. The number of nitrogens with one attached hydrogen (secondary N) is 1. The summed E-state index contributed by atoms with van der Waals surface area (Å²) in [7, 11) is -3.64. The Morgan fingerprint density at radius 2 is 1.88 bits per heavy atom. The maximum absolute atomic E-state index is 12.0. The number of benzene rings is 2. The summed E-state index contributed by atoms with van der Waals surface area (Å²) in [6, 6.07) is 13.5. The molecule has 2 rings (SSSR count). The quantitative estimate of drug-likeness (QED) is 0.549. The van der Waals surface area contributed by atoms with Gasteiger partial charge in [0.1, 0.15) is 6.54 Å². The maximum atomic E-state index is 12.0. The van der Waals surface area contributed by atoms with Crippen molar-refractivity contribution in [2.45, 2.75) is 0 Å². The van der Waals surface area contributed by atoms with E-state index >= 15 is 0 Å². The largest absolute Gasteiger partial charge is 0.271 e. The van der Waals surface area contributed by atoms with Crippen LogP contribution >= 0.6 is 27.5 Å². The first-order valence-electron chi connectivity index (χ1n) is 7.07. The molecular formula is C16H15BrClN3O3S. The van der Waals surface area contributed by atoms with Crippen molar-refractivity contribution in [2.75, 3.05) is 17.1 Å². The predicted octanol–water partition coefficient (Wildman–Crippen LogP) is 3.02. The molecular weight excluding hydrogens is 430 g/mol. The van der Waals surface area contributed by atoms with Crippen LogP contribution in [0.15, 0.2) is 58.1 Å². The number of amides is 1. The first kappa shape index (κ1) is 19.4. The van der Waals surface area contributed by atoms with Gasteiger partial charge in [-0.1, -0.05) is 45.7 Å². The molecule has 0 aromatic heterocycles. The van der Waals surface area contributed by atoms with Gasteiger partial charge in [0.2, 0.25) is 10.0 Å². The number of hydrazone groups is 1. The third-order valence-electron chi connectivity index (χ3n) is 3.10. The number of hydrogen-bond acceptors (Lipinski definition) is 4. The number of sulfonamides is 1. The smallest absolute Gasteiger partial charge is 0.260 e. The van der Waals surface area contributed by atoms with Crippen LogP contribution < -0.4 is 9.73 Å². The molecule has 0 aliphatic carbocycles. The summed E-state index contributed by atoms with van der Waals surface area (Å²) in [5.74, 6) is -0.566. The number of rotatable bonds is 6. The molecule has 0 atom stereocenters. The number of hydrogen-bond donors (Lipinski definition) is 1. The van der Waals surface area contributed by atoms with Crippen LogP contribution in [0.25, 0.3) is 0 Å². The minimum atomic E-state index is -3.64. The van der Waals surface area contributed by atoms with Gasteiger partial charge in [-0.3, -0.25) is 9.10 Å². The van der Waals surface area contributed by atoms with E-state index in [0.717, 1.165) is 20.6 Å². The Morgan fingerprint density at radius 3 is 2.48 bits per heavy atom. The molecule has 132 valence electrons. The number of carbonyl (C=O) groups is 1. The number of carbonyl (C=O) groups excluding carboxylic acids is 1. The topological polar surface area (TPSA) is 78.8 Å². The zero-order valence-electron chi connectivity index (χ0n) is 13.2. The fraction of sp³-hybridized carbons (Fsp3) is 0.125. The molecule has 0 radical (unpaired) electrons. The van der Waals surface area contributed by atoms with Crippen LogP contribution in [0.3, 0.4) is 0 Å². The van der Waals surface area contributed by atoms with Crippen LogP contribution in [0.5, 0.6) is 0 Å². The maximum Gasteiger partial charge on any atom is 0.260 e. The van der Waals surface area contributed by atoms with Gasteiger partial charge in [0, 0.05) is 15.1 Å². The lowest BCUT2D eigenvalue weighted by Crippen LogP contribution is -2.39. The Morgan fingerprint density at radius 1 is 1.24 bits per heavy atom. The van der Waals surface area contributed by atoms with E-state index in [-0.39, 0.29) is 0 Å². The van der Waals surface area contributed by atoms with E-state index in [0.29, 0.717) is 10.7 Å². The minimum absolute atomic E-state index is 0.344. The summed E-state index contributed by atoms with van der Waals surface area (Å²) in [5.41, 5.74) is 3.44. The van der Waals surface area contributed by atoms with Crippen molar-refractivity contribution in [3.05, 3.63) is 63.6 Å². The van der Waals surface area contributed by atoms with E-state index in [1.165, 1.54) is 18.3 Å². The van der Waals surface area contributed by atoms with Crippen molar-refractivity contribution in [1.82, 2.24) is 5.43 Å². The van der Waals surface area contributed by atoms with Gasteiger partial charge in [-0.15, -0.1) is 0 Å². The Kier molecular flexibility index (Phi) is 6.57. The lowest BCUT2D eigenvalue weighted by molar-refractivity contribution is -0.119. The molecule has 0 spiro atoms. The molecule has 2 aromatic rings. The second-order valence-electron chi connectivity index (χ2n) is 5.06. The molecule has 1 amide bonds. The highest BCUT2D eigenvalue weighted by Crippen LogP contribution is 2.20. The third-order valence-corrected chi connectivity index (χ3v) is 5.21. The molecule has 0 aliphatic heterocycles. The van der Waals surface area contributed by atoms with Crippen molar-refractivity contribution in [2.24, 2.45) is 5.10 Å². The van der Waals surface area contributed by atoms with Gasteiger partial charge in [0.15, 0.2) is 0 Å². The van der Waals surface area contributed by atoms with Crippen molar-refractivity contribution in [3.63, 3.8) is 0 Å². The van der Waals surface area contributed by atoms with E-state index in [2.05, 4.69) is 26.5 Å². The first-order chi connectivity index (χ1) is 11.8. The Bertz CT molecular complexity index is 886. The average molecular weight is 445 g/mol. The summed E-state index contributed by atoms with van der Waals surface area (Å²) in [6.07, 6.45) is 2.49. The molecule has 0 heterocycles. The van der Waals surface area contributed by atoms with Crippen LogP contribution in [-0.4, -0.2) is 33.3 Å². The lowest BCUT2D eigenvalue weighted by Gasteiger charge is -2.21. The molecule has 0 saturated carbocycles. The highest BCUT2D eigenvalue weighted by molar-refractivity contribution is 9.10. The highest BCUT2D eigenvalue weighted by Gasteiger charge is 2.20. The van der Waals surface area contributed by atoms with Gasteiger partial charge in [-0.2, -0.15) is 5.10 Å². The Hall–Kier alpha value is -1.90. The minimum Gasteiger partial charge on any atom is -0.271 e. The predicted molar refractivity (Wildman–Crippen MR) is 104 cm³/mol. The molecule has 2 aromatic carbocycles. The SMILES string of the molecule is CS(=O)(=O)N(CC(=O)N/N=C\c1ccccc1Br)c1ccc(Cl)cc1. The zero-order chi connectivity index (χ0) is 18.4. The molecule has 6 nitrogen and oxygen atoms in total. The van der Waals surface area contributed by atoms with Crippen LogP contribution in [0.2, 0.25) is 5.02 Å². The van der Waals surface area contributed by atoms with Gasteiger partial charge in [0.05, 0.1) is 18.2 Å². The molecule has 0 saturated heterocycles. The van der Waals surface area contributed by atoms with Crippen molar-refractivity contribution < 1.29 is 13.2 Å². The van der Waals surface area contributed by atoms with E-state index in [1.54, 1.807) is 12.1 Å². The summed E-state index contributed by atoms with van der Waals surface area (Å²) in [6.45, 7) is -0.395. The Labute approximate surface area is 159 Å². The van der Waals surface area contributed by atoms with Gasteiger partial charge in [0.25, 0.3) is 5.91 Å². The van der Waals surface area contributed by atoms with Crippen LogP contribution in [0.4, 0.5) is 5.69 Å². The van der Waals surface area contributed by atoms with E-state index in [4.69, 9.17) is 11.6 Å². The molecule has 9 heteroatoms. The van der Waals surface area contributed by atoms with Crippen molar-refractivity contribution in [1.29, 1.82) is 0 Å². The fourth-order valence-corrected chi connectivity index (χ4v) is 3.30. The molecule has 25 heavy (non-hydrogen) atoms. The van der Waals surface area contributed by atoms with Crippen LogP contribution in [-0.2, 0) is 14.8 Å². The fourth-order valence-electron chi connectivity index (χ4n) is 1.93. The van der Waals surface area contributed by atoms with Gasteiger partial charge < -0.3 is 0 Å². The van der Waals surface area contributed by atoms with Gasteiger partial charge >= 0.3 is 0 Å². The van der Waals surface area contributed by atoms with E-state index in [1.807, 2.05) is 24.3 Å². The van der Waals surface area contributed by atoms with Gasteiger partial charge in [-0.25, -0.2) is 13.8 Å². The summed E-state index contributed by atoms with van der Waals surface area (Å²) < 4.78 is 25.7. The second kappa shape index (κ2) is 8.46. The zero-order valence-corrected chi connectivity index (χ0v) is 16.3. The normalized spacial score (nSPS) is 11.5. The molecule has 0 fully saturated rings. The van der Waals surface area contributed by atoms with Crippen molar-refractivity contribution >= 4 is 55.4 Å². The van der Waals surface area contributed by atoms with Crippen molar-refractivity contribution in [3.8, 4) is 0 Å². The first-order valence-corrected chi connectivity index (χ1v) is 10.1. The second-order valence-corrected chi connectivity index (χ2v) is 8.26. The highest BCUT2D eigenvalue weighted by atomic mass is 79.9. The van der Waals surface area contributed by atoms with E-state index < -0.39 is 22.5 Å². The van der Waals surface area contributed by atoms with Crippen LogP contribution in [0, 0.1) is 0 Å². The average Bonchev–Trinajstić information content (AvgIpc) is 2.54. The molecule has 0 aliphatic rings.